The van der Waals surface area contributed by atoms with Gasteiger partial charge in [-0.1, -0.05) is 25.1 Å². The quantitative estimate of drug-likeness (QED) is 0.382. The number of aromatic nitrogens is 2. The molecule has 0 saturated heterocycles. The molecular weight excluding hydrogens is 463 g/mol. The van der Waals surface area contributed by atoms with Gasteiger partial charge in [-0.2, -0.15) is 0 Å². The topological polar surface area (TPSA) is 121 Å². The first-order chi connectivity index (χ1) is 17.3. The van der Waals surface area contributed by atoms with Gasteiger partial charge in [0, 0.05) is 36.7 Å². The van der Waals surface area contributed by atoms with Crippen LogP contribution in [0.15, 0.2) is 53.5 Å². The van der Waals surface area contributed by atoms with Gasteiger partial charge in [0.25, 0.3) is 5.91 Å². The molecule has 188 valence electrons. The standard InChI is InChI=1S/C26H29FN6O3/c1-15(17-6-5-7-18-23(25(35)28-3)19(27)12-31-24(17)18)10-30-22-9-26(2,33-14-32-22)16-8-21(36-4)20(13-34)29-11-16/h5-9,11-12,14-15,30,34H,10,13H2,1-4H3,(H,28,35)(H,32,33)/t15-,26?/m1/s1. The van der Waals surface area contributed by atoms with E-state index in [9.17, 15) is 14.3 Å². The molecular formula is C26H29FN6O3. The van der Waals surface area contributed by atoms with Crippen LogP contribution in [0.3, 0.4) is 0 Å². The van der Waals surface area contributed by atoms with Gasteiger partial charge in [0.15, 0.2) is 5.82 Å². The number of amides is 1. The van der Waals surface area contributed by atoms with Gasteiger partial charge < -0.3 is 25.8 Å². The zero-order valence-corrected chi connectivity index (χ0v) is 20.6. The summed E-state index contributed by atoms with van der Waals surface area (Å²) in [4.78, 5) is 25.5. The van der Waals surface area contributed by atoms with E-state index in [0.29, 0.717) is 28.9 Å². The summed E-state index contributed by atoms with van der Waals surface area (Å²) in [5.41, 5.74) is 2.04. The molecule has 3 aromatic rings. The van der Waals surface area contributed by atoms with Crippen LogP contribution in [0.25, 0.3) is 10.9 Å². The van der Waals surface area contributed by atoms with E-state index >= 15 is 0 Å². The molecule has 0 fully saturated rings. The zero-order chi connectivity index (χ0) is 25.9. The number of methoxy groups -OCH3 is 1. The summed E-state index contributed by atoms with van der Waals surface area (Å²) >= 11 is 0. The lowest BCUT2D eigenvalue weighted by Gasteiger charge is -2.28. The summed E-state index contributed by atoms with van der Waals surface area (Å²) in [6, 6.07) is 7.27. The van der Waals surface area contributed by atoms with Crippen LogP contribution in [0, 0.1) is 5.82 Å². The third kappa shape index (κ3) is 4.72. The van der Waals surface area contributed by atoms with E-state index in [1.54, 1.807) is 24.7 Å². The van der Waals surface area contributed by atoms with Gasteiger partial charge in [-0.05, 0) is 24.6 Å². The molecule has 3 heterocycles. The normalized spacial score (nSPS) is 17.8. The molecule has 9 nitrogen and oxygen atoms in total. The molecule has 0 saturated carbocycles. The Balaban J connectivity index is 1.57. The van der Waals surface area contributed by atoms with Crippen molar-refractivity contribution >= 4 is 23.1 Å². The number of hydrogen-bond donors (Lipinski definition) is 4. The minimum Gasteiger partial charge on any atom is -0.495 e. The first-order valence-electron chi connectivity index (χ1n) is 11.5. The van der Waals surface area contributed by atoms with Crippen LogP contribution in [0.1, 0.15) is 46.9 Å². The van der Waals surface area contributed by atoms with Crippen molar-refractivity contribution in [3.8, 4) is 5.75 Å². The Hall–Kier alpha value is -4.05. The van der Waals surface area contributed by atoms with Crippen LogP contribution in [0.4, 0.5) is 4.39 Å². The molecule has 1 amide bonds. The van der Waals surface area contributed by atoms with Gasteiger partial charge in [0.05, 0.1) is 37.3 Å². The van der Waals surface area contributed by atoms with Crippen molar-refractivity contribution < 1.29 is 19.0 Å². The molecule has 0 aliphatic carbocycles. The molecule has 4 N–H and O–H groups in total. The van der Waals surface area contributed by atoms with Crippen molar-refractivity contribution in [1.29, 1.82) is 0 Å². The lowest BCUT2D eigenvalue weighted by atomic mass is 9.92. The van der Waals surface area contributed by atoms with Crippen molar-refractivity contribution in [3.63, 3.8) is 0 Å². The van der Waals surface area contributed by atoms with E-state index in [0.717, 1.165) is 23.1 Å². The summed E-state index contributed by atoms with van der Waals surface area (Å²) in [6.45, 7) is 4.31. The van der Waals surface area contributed by atoms with Gasteiger partial charge in [-0.25, -0.2) is 4.39 Å². The predicted molar refractivity (Wildman–Crippen MR) is 135 cm³/mol. The number of carbonyl (C=O) groups is 1. The second-order valence-corrected chi connectivity index (χ2v) is 8.72. The first kappa shape index (κ1) is 25.1. The van der Waals surface area contributed by atoms with Gasteiger partial charge >= 0.3 is 0 Å². The highest BCUT2D eigenvalue weighted by Gasteiger charge is 2.28. The average Bonchev–Trinajstić information content (AvgIpc) is 2.90. The molecule has 4 rings (SSSR count). The molecule has 2 aromatic heterocycles. The Labute approximate surface area is 208 Å². The number of benzene rings is 1. The second-order valence-electron chi connectivity index (χ2n) is 8.72. The van der Waals surface area contributed by atoms with E-state index in [4.69, 9.17) is 4.74 Å². The minimum atomic E-state index is -0.702. The second kappa shape index (κ2) is 10.3. The highest BCUT2D eigenvalue weighted by Crippen LogP contribution is 2.32. The molecule has 1 unspecified atom stereocenters. The largest absolute Gasteiger partial charge is 0.495 e. The Morgan fingerprint density at radius 2 is 2.11 bits per heavy atom. The van der Waals surface area contributed by atoms with Gasteiger partial charge in [-0.3, -0.25) is 19.8 Å². The molecule has 36 heavy (non-hydrogen) atoms. The Morgan fingerprint density at radius 1 is 1.31 bits per heavy atom. The number of aliphatic hydroxyl groups excluding tert-OH is 1. The maximum Gasteiger partial charge on any atom is 0.254 e. The summed E-state index contributed by atoms with van der Waals surface area (Å²) in [5.74, 6) is 0.101. The number of nitrogens with zero attached hydrogens (tertiary/aromatic N) is 3. The molecule has 2 atom stereocenters. The number of carbonyl (C=O) groups excluding carboxylic acids is 1. The SMILES string of the molecule is CNC(=O)c1c(F)cnc2c([C@H](C)CNC3=CC(C)(c4cnc(CO)c(OC)c4)N=CN3)cccc12. The van der Waals surface area contributed by atoms with Crippen LogP contribution >= 0.6 is 0 Å². The molecule has 0 bridgehead atoms. The number of aliphatic hydroxyl groups is 1. The summed E-state index contributed by atoms with van der Waals surface area (Å²) in [6.07, 6.45) is 6.35. The van der Waals surface area contributed by atoms with Crippen molar-refractivity contribution in [1.82, 2.24) is 25.9 Å². The molecule has 1 aromatic carbocycles. The number of nitrogens with one attached hydrogen (secondary N) is 3. The van der Waals surface area contributed by atoms with Crippen LogP contribution in [-0.2, 0) is 12.1 Å². The highest BCUT2D eigenvalue weighted by molar-refractivity contribution is 6.06. The van der Waals surface area contributed by atoms with Crippen LogP contribution in [-0.4, -0.2) is 48.0 Å². The maximum atomic E-state index is 14.4. The number of aliphatic imine (C=N–C) groups is 1. The minimum absolute atomic E-state index is 0.00982. The number of pyridine rings is 2. The monoisotopic (exact) mass is 492 g/mol. The van der Waals surface area contributed by atoms with Crippen molar-refractivity contribution in [2.45, 2.75) is 31.9 Å². The van der Waals surface area contributed by atoms with E-state index in [1.807, 2.05) is 32.1 Å². The average molecular weight is 493 g/mol. The van der Waals surface area contributed by atoms with E-state index in [-0.39, 0.29) is 18.1 Å². The summed E-state index contributed by atoms with van der Waals surface area (Å²) in [7, 11) is 3.01. The number of para-hydroxylation sites is 1. The molecule has 0 spiro atoms. The third-order valence-corrected chi connectivity index (χ3v) is 6.33. The van der Waals surface area contributed by atoms with Gasteiger partial charge in [0.2, 0.25) is 0 Å². The number of hydrogen-bond acceptors (Lipinski definition) is 8. The lowest BCUT2D eigenvalue weighted by molar-refractivity contribution is 0.0960. The Bertz CT molecular complexity index is 1360. The highest BCUT2D eigenvalue weighted by atomic mass is 19.1. The van der Waals surface area contributed by atoms with Crippen molar-refractivity contribution in [2.24, 2.45) is 4.99 Å². The molecule has 1 aliphatic rings. The van der Waals surface area contributed by atoms with Crippen LogP contribution < -0.4 is 20.7 Å². The predicted octanol–water partition coefficient (Wildman–Crippen LogP) is 2.71. The first-order valence-corrected chi connectivity index (χ1v) is 11.5. The fourth-order valence-corrected chi connectivity index (χ4v) is 4.25. The third-order valence-electron chi connectivity index (χ3n) is 6.33. The summed E-state index contributed by atoms with van der Waals surface area (Å²) < 4.78 is 19.8. The Kier molecular flexibility index (Phi) is 7.16. The number of fused-ring (bicyclic) bond motifs is 1. The van der Waals surface area contributed by atoms with Gasteiger partial charge in [-0.15, -0.1) is 0 Å². The van der Waals surface area contributed by atoms with Crippen LogP contribution in [0.2, 0.25) is 0 Å². The maximum absolute atomic E-state index is 14.4. The fourth-order valence-electron chi connectivity index (χ4n) is 4.25. The number of halogens is 1. The lowest BCUT2D eigenvalue weighted by Crippen LogP contribution is -2.35. The molecule has 1 aliphatic heterocycles. The van der Waals surface area contributed by atoms with E-state index < -0.39 is 17.3 Å². The number of rotatable bonds is 8. The Morgan fingerprint density at radius 3 is 2.83 bits per heavy atom. The van der Waals surface area contributed by atoms with E-state index in [2.05, 4.69) is 30.9 Å². The summed E-state index contributed by atoms with van der Waals surface area (Å²) in [5, 5.41) is 19.0. The fraction of sp³-hybridized carbons (Fsp3) is 0.308. The smallest absolute Gasteiger partial charge is 0.254 e. The number of ether oxygens (including phenoxy) is 1. The molecule has 0 radical (unpaired) electrons. The van der Waals surface area contributed by atoms with Crippen molar-refractivity contribution in [2.75, 3.05) is 20.7 Å². The molecule has 10 heteroatoms. The van der Waals surface area contributed by atoms with E-state index in [1.165, 1.54) is 14.2 Å². The van der Waals surface area contributed by atoms with Crippen LogP contribution in [0.5, 0.6) is 5.75 Å². The van der Waals surface area contributed by atoms with Gasteiger partial charge in [0.1, 0.15) is 22.8 Å². The zero-order valence-electron chi connectivity index (χ0n) is 20.6. The van der Waals surface area contributed by atoms with Crippen molar-refractivity contribution in [3.05, 3.63) is 76.8 Å².